The fourth-order valence-electron chi connectivity index (χ4n) is 10.7. The Morgan fingerprint density at radius 2 is 0.730 bits per heavy atom. The summed E-state index contributed by atoms with van der Waals surface area (Å²) in [6.45, 7) is 7.95. The zero-order valence-electron chi connectivity index (χ0n) is 53.0. The van der Waals surface area contributed by atoms with E-state index in [0.29, 0.717) is 57.9 Å². The Morgan fingerprint density at radius 3 is 1.06 bits per heavy atom. The van der Waals surface area contributed by atoms with Crippen LogP contribution < -0.4 is 26.6 Å². The van der Waals surface area contributed by atoms with Gasteiger partial charge in [0.15, 0.2) is 18.9 Å². The summed E-state index contributed by atoms with van der Waals surface area (Å²) in [7, 11) is 0. The second-order valence-corrected chi connectivity index (χ2v) is 23.8. The van der Waals surface area contributed by atoms with Crippen LogP contribution in [0.5, 0.6) is 0 Å². The highest BCUT2D eigenvalue weighted by Gasteiger charge is 2.48. The van der Waals surface area contributed by atoms with E-state index >= 15 is 0 Å². The normalized spacial score (nSPS) is 27.3. The highest BCUT2D eigenvalue weighted by molar-refractivity contribution is 5.79. The monoisotopic (exact) mass is 1280 g/mol. The molecule has 0 saturated carbocycles. The number of ketones is 2. The maximum absolute atomic E-state index is 13.0. The maximum atomic E-state index is 13.0. The summed E-state index contributed by atoms with van der Waals surface area (Å²) in [5, 5.41) is 105. The van der Waals surface area contributed by atoms with Gasteiger partial charge in [0.05, 0.1) is 65.0 Å². The van der Waals surface area contributed by atoms with Crippen molar-refractivity contribution in [2.24, 2.45) is 0 Å². The van der Waals surface area contributed by atoms with Crippen molar-refractivity contribution in [3.8, 4) is 0 Å². The first-order chi connectivity index (χ1) is 42.6. The van der Waals surface area contributed by atoms with E-state index in [1.807, 2.05) is 13.8 Å². The molecule has 0 aromatic heterocycles. The van der Waals surface area contributed by atoms with Crippen molar-refractivity contribution in [3.05, 3.63) is 0 Å². The van der Waals surface area contributed by atoms with Gasteiger partial charge in [-0.15, -0.1) is 0 Å². The third-order valence-corrected chi connectivity index (χ3v) is 15.4. The number of hydrogen-bond acceptors (Lipinski definition) is 25. The number of unbranched alkanes of at least 4 members (excludes halogenated alkanes) is 11. The molecular weight excluding hydrogens is 1170 g/mol. The minimum Gasteiger partial charge on any atom is -0.394 e. The van der Waals surface area contributed by atoms with E-state index in [-0.39, 0.29) is 102 Å². The first kappa shape index (κ1) is 79.7. The second-order valence-electron chi connectivity index (χ2n) is 23.8. The summed E-state index contributed by atoms with van der Waals surface area (Å²) >= 11 is 0. The van der Waals surface area contributed by atoms with Gasteiger partial charge in [-0.1, -0.05) is 65.2 Å². The number of rotatable bonds is 49. The lowest BCUT2D eigenvalue weighted by molar-refractivity contribution is -0.270. The molecule has 0 bridgehead atoms. The Morgan fingerprint density at radius 1 is 0.416 bits per heavy atom. The highest BCUT2D eigenvalue weighted by Crippen LogP contribution is 2.26. The average Bonchev–Trinajstić information content (AvgIpc) is 2.51. The summed E-state index contributed by atoms with van der Waals surface area (Å²) in [4.78, 5) is 73.9. The minimum absolute atomic E-state index is 0.0430. The van der Waals surface area contributed by atoms with E-state index in [1.165, 1.54) is 20.8 Å². The molecule has 3 saturated heterocycles. The fraction of sp³-hybridized carbons (Fsp3) is 0.900. The molecule has 29 heteroatoms. The first-order valence-electron chi connectivity index (χ1n) is 31.9. The number of Topliss-reactive ketones (excluding diaryl/α,β-unsaturated/α-hetero) is 2. The second kappa shape index (κ2) is 44.9. The number of amides is 4. The number of nitrogens with one attached hydrogen (secondary N) is 5. The lowest BCUT2D eigenvalue weighted by Gasteiger charge is -2.42. The van der Waals surface area contributed by atoms with Crippen molar-refractivity contribution in [3.63, 3.8) is 0 Å². The molecule has 518 valence electrons. The molecule has 0 aromatic carbocycles. The van der Waals surface area contributed by atoms with E-state index in [4.69, 9.17) is 42.6 Å². The van der Waals surface area contributed by atoms with Gasteiger partial charge < -0.3 is 115 Å². The summed E-state index contributed by atoms with van der Waals surface area (Å²) < 4.78 is 52.6. The first-order valence-corrected chi connectivity index (χ1v) is 31.9. The van der Waals surface area contributed by atoms with Crippen LogP contribution in [-0.4, -0.2) is 270 Å². The number of carbonyl (C=O) groups excluding carboxylic acids is 6. The lowest BCUT2D eigenvalue weighted by Crippen LogP contribution is -2.64. The molecule has 3 heterocycles. The molecule has 4 amide bonds. The van der Waals surface area contributed by atoms with Crippen LogP contribution in [0, 0.1) is 0 Å². The van der Waals surface area contributed by atoms with Gasteiger partial charge in [0.2, 0.25) is 23.6 Å². The smallest absolute Gasteiger partial charge is 0.222 e. The molecule has 14 N–H and O–H groups in total. The third kappa shape index (κ3) is 30.8. The lowest BCUT2D eigenvalue weighted by atomic mass is 9.97. The molecule has 3 fully saturated rings. The molecule has 3 aliphatic rings. The van der Waals surface area contributed by atoms with Crippen molar-refractivity contribution in [1.82, 2.24) is 26.6 Å². The standard InChI is InChI=1S/C60H109N5O24/c1-38(2)65-60(35-81-29-22-42(72)20-14-8-6-11-17-26-84-57-48(62-39(3)69)54(78)51(75)44(32-66)87-57,36-82-30-23-43(73)21-15-9-7-12-18-27-85-58-49(63-40(4)70)55(79)52(76)45(33-67)88-58)37-83-31-24-47(74)61-25-16-10-13-19-28-86-59-50(64-41(5)71)56(80)53(77)46(34-68)89-59/h38,44-46,48-59,65-68,75-80H,6-37H2,1-5H3,(H,61,74)(H,62,69)(H,63,70)(H,64,71)/t44-,45-,46-,48-,49-,50-,51+,52+,53+,54-,55-,56-,57-,58-,59-/m1/s1. The number of aliphatic hydroxyl groups excluding tert-OH is 9. The zero-order chi connectivity index (χ0) is 65.7. The third-order valence-electron chi connectivity index (χ3n) is 15.4. The largest absolute Gasteiger partial charge is 0.394 e. The Hall–Kier alpha value is -3.54. The highest BCUT2D eigenvalue weighted by atomic mass is 16.7. The van der Waals surface area contributed by atoms with E-state index in [2.05, 4.69) is 26.6 Å². The van der Waals surface area contributed by atoms with E-state index in [0.717, 1.165) is 51.4 Å². The Kier molecular flexibility index (Phi) is 40.2. The fourth-order valence-corrected chi connectivity index (χ4v) is 10.7. The van der Waals surface area contributed by atoms with E-state index in [1.54, 1.807) is 0 Å². The molecule has 0 radical (unpaired) electrons. The van der Waals surface area contributed by atoms with Gasteiger partial charge in [-0.2, -0.15) is 0 Å². The van der Waals surface area contributed by atoms with Crippen molar-refractivity contribution in [2.45, 2.75) is 260 Å². The van der Waals surface area contributed by atoms with Gasteiger partial charge >= 0.3 is 0 Å². The number of aliphatic hydroxyl groups is 9. The molecule has 0 spiro atoms. The number of hydrogen-bond donors (Lipinski definition) is 14. The van der Waals surface area contributed by atoms with Gasteiger partial charge in [0.25, 0.3) is 0 Å². The average molecular weight is 1280 g/mol. The van der Waals surface area contributed by atoms with Gasteiger partial charge in [-0.3, -0.25) is 28.8 Å². The Balaban J connectivity index is 1.42. The molecule has 15 atom stereocenters. The topological polar surface area (TPSA) is 428 Å². The molecule has 29 nitrogen and oxygen atoms in total. The number of carbonyl (C=O) groups is 6. The SMILES string of the molecule is CC(=O)N[C@H]1[C@H](OCCCCCCCC(=O)CCOCC(COCCC(=O)CCCCCCCO[C@@H]2O[C@H](CO)[C@H](O)[C@H](O)[C@H]2NC(C)=O)(COCCC(=O)NCCCCCCO[C@@H]2O[C@H](CO)[C@H](O)[C@H](O)[C@H]2NC(C)=O)NC(C)C)O[C@H](CO)[C@H](O)[C@@H]1O. The minimum atomic E-state index is -1.40. The molecule has 3 aliphatic heterocycles. The molecule has 3 rings (SSSR count). The maximum Gasteiger partial charge on any atom is 0.222 e. The van der Waals surface area contributed by atoms with Gasteiger partial charge in [-0.05, 0) is 38.5 Å². The van der Waals surface area contributed by atoms with Crippen LogP contribution in [0.2, 0.25) is 0 Å². The van der Waals surface area contributed by atoms with Crippen LogP contribution in [0.4, 0.5) is 0 Å². The van der Waals surface area contributed by atoms with Crippen molar-refractivity contribution >= 4 is 35.2 Å². The van der Waals surface area contributed by atoms with Crippen LogP contribution in [0.3, 0.4) is 0 Å². The van der Waals surface area contributed by atoms with Crippen molar-refractivity contribution in [1.29, 1.82) is 0 Å². The van der Waals surface area contributed by atoms with Crippen molar-refractivity contribution in [2.75, 3.05) is 85.8 Å². The Labute approximate surface area is 523 Å². The van der Waals surface area contributed by atoms with E-state index < -0.39 is 135 Å². The zero-order valence-corrected chi connectivity index (χ0v) is 53.0. The summed E-state index contributed by atoms with van der Waals surface area (Å²) in [5.74, 6) is -1.43. The number of ether oxygens (including phenoxy) is 9. The van der Waals surface area contributed by atoms with Crippen LogP contribution in [0.25, 0.3) is 0 Å². The van der Waals surface area contributed by atoms with Gasteiger partial charge in [0.1, 0.15) is 84.6 Å². The Bertz CT molecular complexity index is 1790. The van der Waals surface area contributed by atoms with Crippen molar-refractivity contribution < 1.29 is 117 Å². The van der Waals surface area contributed by atoms with Crippen LogP contribution in [-0.2, 0) is 71.4 Å². The van der Waals surface area contributed by atoms with Crippen LogP contribution in [0.1, 0.15) is 157 Å². The molecule has 0 unspecified atom stereocenters. The van der Waals surface area contributed by atoms with Gasteiger partial charge in [-0.25, -0.2) is 0 Å². The molecule has 0 aromatic rings. The predicted molar refractivity (Wildman–Crippen MR) is 318 cm³/mol. The van der Waals surface area contributed by atoms with Gasteiger partial charge in [0, 0.05) is 85.3 Å². The molecule has 0 aliphatic carbocycles. The van der Waals surface area contributed by atoms with Crippen LogP contribution in [0.15, 0.2) is 0 Å². The summed E-state index contributed by atoms with van der Waals surface area (Å²) in [5.41, 5.74) is -0.908. The summed E-state index contributed by atoms with van der Waals surface area (Å²) in [6, 6.07) is -3.10. The summed E-state index contributed by atoms with van der Waals surface area (Å²) in [6.07, 6.45) is -3.27. The quantitative estimate of drug-likeness (QED) is 0.0303. The molecule has 89 heavy (non-hydrogen) atoms. The van der Waals surface area contributed by atoms with Crippen LogP contribution >= 0.6 is 0 Å². The molecular formula is C60H109N5O24. The predicted octanol–water partition coefficient (Wildman–Crippen LogP) is -1.68. The van der Waals surface area contributed by atoms with E-state index in [9.17, 15) is 74.7 Å².